The summed E-state index contributed by atoms with van der Waals surface area (Å²) < 4.78 is 2.40. The van der Waals surface area contributed by atoms with E-state index in [-0.39, 0.29) is 0 Å². The summed E-state index contributed by atoms with van der Waals surface area (Å²) in [5, 5.41) is 4.84. The molecule has 0 aliphatic heterocycles. The lowest BCUT2D eigenvalue weighted by atomic mass is 9.98. The van der Waals surface area contributed by atoms with Gasteiger partial charge in [-0.25, -0.2) is 0 Å². The molecule has 0 saturated heterocycles. The summed E-state index contributed by atoms with van der Waals surface area (Å²) in [7, 11) is 0. The van der Waals surface area contributed by atoms with Gasteiger partial charge in [-0.3, -0.25) is 0 Å². The van der Waals surface area contributed by atoms with Crippen molar-refractivity contribution < 1.29 is 0 Å². The van der Waals surface area contributed by atoms with Crippen LogP contribution in [0.4, 0.5) is 34.1 Å². The molecule has 73 heavy (non-hydrogen) atoms. The normalized spacial score (nSPS) is 11.3. The van der Waals surface area contributed by atoms with Crippen molar-refractivity contribution in [1.29, 1.82) is 0 Å². The van der Waals surface area contributed by atoms with Crippen molar-refractivity contribution >= 4 is 66.7 Å². The number of anilines is 6. The van der Waals surface area contributed by atoms with Crippen molar-refractivity contribution in [3.63, 3.8) is 0 Å². The molecule has 344 valence electrons. The quantitative estimate of drug-likeness (QED) is 0.128. The van der Waals surface area contributed by atoms with Gasteiger partial charge in [0, 0.05) is 50.6 Å². The Labute approximate surface area is 426 Å². The maximum Gasteiger partial charge on any atom is 0.0561 e. The van der Waals surface area contributed by atoms with Crippen molar-refractivity contribution in [3.05, 3.63) is 297 Å². The number of fused-ring (bicyclic) bond motifs is 4. The molecule has 1 heterocycles. The Morgan fingerprint density at radius 2 is 0.603 bits per heavy atom. The van der Waals surface area contributed by atoms with E-state index in [1.54, 1.807) is 0 Å². The minimum atomic E-state index is 1.03. The third kappa shape index (κ3) is 8.39. The van der Waals surface area contributed by atoms with Gasteiger partial charge in [0.05, 0.1) is 11.0 Å². The Bertz CT molecular complexity index is 3950. The highest BCUT2D eigenvalue weighted by molar-refractivity contribution is 6.10. The first kappa shape index (κ1) is 43.3. The summed E-state index contributed by atoms with van der Waals surface area (Å²) in [6.07, 6.45) is 0. The molecule has 3 nitrogen and oxygen atoms in total. The van der Waals surface area contributed by atoms with E-state index in [0.29, 0.717) is 0 Å². The second-order valence-electron chi connectivity index (χ2n) is 18.6. The second kappa shape index (κ2) is 18.9. The predicted molar refractivity (Wildman–Crippen MR) is 309 cm³/mol. The van der Waals surface area contributed by atoms with Crippen LogP contribution in [-0.4, -0.2) is 4.57 Å². The summed E-state index contributed by atoms with van der Waals surface area (Å²) in [6.45, 7) is 0. The SMILES string of the molecule is c1ccc(-c2ccc(N(c3ccc(-c4ccccc4)cc3)c3cc(-c4ccc5ccccc5c4)cc(N(c4ccc(-c5ccccc5)cc4)c4ccc5c6ccccc6n(-c6ccccc6)c5c4)c3)cc2)cc1. The third-order valence-corrected chi connectivity index (χ3v) is 14.1. The Morgan fingerprint density at radius 1 is 0.205 bits per heavy atom. The number of nitrogens with zero attached hydrogens (tertiary/aromatic N) is 3. The molecule has 3 heteroatoms. The molecule has 13 rings (SSSR count). The molecule has 0 bridgehead atoms. The van der Waals surface area contributed by atoms with Crippen LogP contribution < -0.4 is 9.80 Å². The number of para-hydroxylation sites is 2. The smallest absolute Gasteiger partial charge is 0.0561 e. The van der Waals surface area contributed by atoms with Gasteiger partial charge in [0.2, 0.25) is 0 Å². The van der Waals surface area contributed by atoms with Crippen LogP contribution >= 0.6 is 0 Å². The summed E-state index contributed by atoms with van der Waals surface area (Å²) in [4.78, 5) is 4.84. The van der Waals surface area contributed by atoms with Crippen molar-refractivity contribution in [1.82, 2.24) is 4.57 Å². The third-order valence-electron chi connectivity index (χ3n) is 14.1. The van der Waals surface area contributed by atoms with Crippen LogP contribution in [-0.2, 0) is 0 Å². The second-order valence-corrected chi connectivity index (χ2v) is 18.6. The monoisotopic (exact) mass is 931 g/mol. The molecule has 12 aromatic carbocycles. The van der Waals surface area contributed by atoms with E-state index in [1.807, 2.05) is 0 Å². The van der Waals surface area contributed by atoms with Crippen LogP contribution in [0.2, 0.25) is 0 Å². The Kier molecular flexibility index (Phi) is 11.2. The first-order chi connectivity index (χ1) is 36.2. The molecule has 0 radical (unpaired) electrons. The fourth-order valence-corrected chi connectivity index (χ4v) is 10.5. The van der Waals surface area contributed by atoms with Crippen molar-refractivity contribution in [2.75, 3.05) is 9.80 Å². The number of benzene rings is 12. The fraction of sp³-hybridized carbons (Fsp3) is 0. The average molecular weight is 932 g/mol. The van der Waals surface area contributed by atoms with E-state index in [0.717, 1.165) is 56.5 Å². The molecule has 0 atom stereocenters. The van der Waals surface area contributed by atoms with E-state index >= 15 is 0 Å². The molecule has 0 fully saturated rings. The van der Waals surface area contributed by atoms with Crippen LogP contribution in [0.25, 0.3) is 82.8 Å². The summed E-state index contributed by atoms with van der Waals surface area (Å²) in [6, 6.07) is 108. The highest BCUT2D eigenvalue weighted by Gasteiger charge is 2.22. The Balaban J connectivity index is 1.06. The van der Waals surface area contributed by atoms with Gasteiger partial charge in [0.15, 0.2) is 0 Å². The molecular formula is C70H49N3. The fourth-order valence-electron chi connectivity index (χ4n) is 10.5. The first-order valence-corrected chi connectivity index (χ1v) is 25.0. The number of hydrogen-bond donors (Lipinski definition) is 0. The van der Waals surface area contributed by atoms with Gasteiger partial charge in [-0.15, -0.1) is 0 Å². The van der Waals surface area contributed by atoms with Crippen LogP contribution in [0.1, 0.15) is 0 Å². The van der Waals surface area contributed by atoms with Gasteiger partial charge in [-0.2, -0.15) is 0 Å². The molecule has 0 aliphatic rings. The van der Waals surface area contributed by atoms with Crippen LogP contribution in [0.3, 0.4) is 0 Å². The van der Waals surface area contributed by atoms with E-state index in [4.69, 9.17) is 0 Å². The minimum Gasteiger partial charge on any atom is -0.310 e. The molecular weight excluding hydrogens is 883 g/mol. The largest absolute Gasteiger partial charge is 0.310 e. The van der Waals surface area contributed by atoms with Gasteiger partial charge in [0.25, 0.3) is 0 Å². The maximum absolute atomic E-state index is 2.43. The van der Waals surface area contributed by atoms with E-state index in [1.165, 1.54) is 60.4 Å². The average Bonchev–Trinajstić information content (AvgIpc) is 3.80. The number of rotatable bonds is 11. The zero-order chi connectivity index (χ0) is 48.5. The van der Waals surface area contributed by atoms with Gasteiger partial charge in [-0.1, -0.05) is 206 Å². The molecule has 1 aromatic heterocycles. The van der Waals surface area contributed by atoms with E-state index < -0.39 is 0 Å². The van der Waals surface area contributed by atoms with Crippen LogP contribution in [0.15, 0.2) is 297 Å². The zero-order valence-electron chi connectivity index (χ0n) is 40.1. The van der Waals surface area contributed by atoms with Crippen LogP contribution in [0, 0.1) is 0 Å². The molecule has 13 aromatic rings. The molecule has 0 aliphatic carbocycles. The van der Waals surface area contributed by atoms with Gasteiger partial charge in [-0.05, 0) is 146 Å². The van der Waals surface area contributed by atoms with Crippen LogP contribution in [0.5, 0.6) is 0 Å². The predicted octanol–water partition coefficient (Wildman–Crippen LogP) is 19.5. The lowest BCUT2D eigenvalue weighted by Crippen LogP contribution is -2.14. The zero-order valence-corrected chi connectivity index (χ0v) is 40.1. The topological polar surface area (TPSA) is 11.4 Å². The van der Waals surface area contributed by atoms with Gasteiger partial charge in [0.1, 0.15) is 0 Å². The van der Waals surface area contributed by atoms with Gasteiger partial charge >= 0.3 is 0 Å². The van der Waals surface area contributed by atoms with Crippen molar-refractivity contribution in [3.8, 4) is 50.2 Å². The van der Waals surface area contributed by atoms with Gasteiger partial charge < -0.3 is 14.4 Å². The lowest BCUT2D eigenvalue weighted by Gasteiger charge is -2.31. The highest BCUT2D eigenvalue weighted by atomic mass is 15.2. The summed E-state index contributed by atoms with van der Waals surface area (Å²) in [5.74, 6) is 0. The van der Waals surface area contributed by atoms with E-state index in [2.05, 4.69) is 312 Å². The maximum atomic E-state index is 2.43. The molecule has 0 unspecified atom stereocenters. The molecule has 0 N–H and O–H groups in total. The molecule has 0 saturated carbocycles. The standard InChI is InChI=1S/C70H49N3/c1-5-17-50(18-6-1)54-31-37-61(38-32-54)71(62-39-33-55(34-40-62)51-19-7-2-8-20-51)65-46-59(58-30-29-53-23-13-14-24-57(53)45-58)47-66(48-65)72(63-41-35-56(36-42-63)52-21-9-3-10-22-52)64-43-44-68-67-27-15-16-28-69(67)73(70(68)49-64)60-25-11-4-12-26-60/h1-49H. The summed E-state index contributed by atoms with van der Waals surface area (Å²) >= 11 is 0. The molecule has 0 spiro atoms. The molecule has 0 amide bonds. The minimum absolute atomic E-state index is 1.03. The lowest BCUT2D eigenvalue weighted by molar-refractivity contribution is 1.18. The first-order valence-electron chi connectivity index (χ1n) is 25.0. The van der Waals surface area contributed by atoms with E-state index in [9.17, 15) is 0 Å². The summed E-state index contributed by atoms with van der Waals surface area (Å²) in [5.41, 5.74) is 19.0. The Hall–Kier alpha value is -9.70. The van der Waals surface area contributed by atoms with Crippen molar-refractivity contribution in [2.45, 2.75) is 0 Å². The number of aromatic nitrogens is 1. The van der Waals surface area contributed by atoms with Crippen molar-refractivity contribution in [2.24, 2.45) is 0 Å². The Morgan fingerprint density at radius 3 is 1.14 bits per heavy atom. The highest BCUT2D eigenvalue weighted by Crippen LogP contribution is 2.46. The number of hydrogen-bond acceptors (Lipinski definition) is 2.